The van der Waals surface area contributed by atoms with Crippen LogP contribution in [0.2, 0.25) is 0 Å². The first-order chi connectivity index (χ1) is 14.5. The second-order valence-electron chi connectivity index (χ2n) is 7.53. The molecule has 1 aliphatic heterocycles. The molecule has 3 heterocycles. The van der Waals surface area contributed by atoms with Crippen molar-refractivity contribution in [3.05, 3.63) is 48.4 Å². The summed E-state index contributed by atoms with van der Waals surface area (Å²) >= 11 is 0. The quantitative estimate of drug-likeness (QED) is 0.637. The van der Waals surface area contributed by atoms with Gasteiger partial charge in [0, 0.05) is 36.3 Å². The molecule has 4 rings (SSSR count). The number of hydrogen-bond acceptors (Lipinski definition) is 4. The summed E-state index contributed by atoms with van der Waals surface area (Å²) in [4.78, 5) is 18.6. The number of nitrogens with one attached hydrogen (secondary N) is 2. The molecule has 0 radical (unpaired) electrons. The van der Waals surface area contributed by atoms with Gasteiger partial charge in [0.25, 0.3) is 6.43 Å². The summed E-state index contributed by atoms with van der Waals surface area (Å²) < 4.78 is 30.3. The van der Waals surface area contributed by atoms with Crippen LogP contribution >= 0.6 is 0 Å². The van der Waals surface area contributed by atoms with Crippen LogP contribution in [-0.4, -0.2) is 48.0 Å². The Kier molecular flexibility index (Phi) is 5.94. The summed E-state index contributed by atoms with van der Waals surface area (Å²) in [5.41, 5.74) is 0.956. The molecule has 0 bridgehead atoms. The second-order valence-corrected chi connectivity index (χ2v) is 7.53. The number of rotatable bonds is 5. The van der Waals surface area contributed by atoms with Crippen molar-refractivity contribution in [1.82, 2.24) is 15.2 Å². The van der Waals surface area contributed by atoms with Gasteiger partial charge in [-0.05, 0) is 49.4 Å². The van der Waals surface area contributed by atoms with Crippen molar-refractivity contribution >= 4 is 22.6 Å². The van der Waals surface area contributed by atoms with Gasteiger partial charge >= 0.3 is 6.03 Å². The summed E-state index contributed by atoms with van der Waals surface area (Å²) in [5, 5.41) is 7.60. The average Bonchev–Trinajstić information content (AvgIpc) is 3.18. The summed E-state index contributed by atoms with van der Waals surface area (Å²) in [7, 11) is 0. The van der Waals surface area contributed by atoms with E-state index in [1.807, 2.05) is 43.3 Å². The zero-order valence-corrected chi connectivity index (χ0v) is 16.7. The molecule has 3 aromatic rings. The normalized spacial score (nSPS) is 15.1. The van der Waals surface area contributed by atoms with Crippen molar-refractivity contribution in [1.29, 1.82) is 0 Å². The van der Waals surface area contributed by atoms with Gasteiger partial charge in [-0.15, -0.1) is 0 Å². The minimum atomic E-state index is -2.36. The maximum Gasteiger partial charge on any atom is 0.323 e. The van der Waals surface area contributed by atoms with Gasteiger partial charge in [-0.2, -0.15) is 0 Å². The number of nitrogens with zero attached hydrogens (tertiary/aromatic N) is 2. The standard InChI is InChI=1S/C22H24F2N4O2/c1-14-2-5-19(30-14)15-3-4-16-12-26-21(11-17(16)10-15)27-22(29)28-8-6-18(7-9-28)25-13-20(23)24/h2-5,10-12,18,20,25H,6-9,13H2,1H3,(H,26,27,29). The number of halogens is 2. The largest absolute Gasteiger partial charge is 0.461 e. The Bertz CT molecular complexity index is 1030. The van der Waals surface area contributed by atoms with E-state index < -0.39 is 6.43 Å². The molecule has 6 nitrogen and oxygen atoms in total. The molecule has 0 atom stereocenters. The van der Waals surface area contributed by atoms with Gasteiger partial charge in [-0.3, -0.25) is 5.32 Å². The van der Waals surface area contributed by atoms with Crippen molar-refractivity contribution in [2.45, 2.75) is 32.2 Å². The molecule has 0 aliphatic carbocycles. The molecule has 2 aromatic heterocycles. The van der Waals surface area contributed by atoms with Crippen LogP contribution in [0.25, 0.3) is 22.1 Å². The van der Waals surface area contributed by atoms with Crippen molar-refractivity contribution in [3.8, 4) is 11.3 Å². The minimum absolute atomic E-state index is 0.0190. The number of aromatic nitrogens is 1. The monoisotopic (exact) mass is 414 g/mol. The average molecular weight is 414 g/mol. The van der Waals surface area contributed by atoms with Gasteiger partial charge in [-0.1, -0.05) is 12.1 Å². The third-order valence-corrected chi connectivity index (χ3v) is 5.32. The highest BCUT2D eigenvalue weighted by Gasteiger charge is 2.23. The number of aryl methyl sites for hydroxylation is 1. The number of carbonyl (C=O) groups is 1. The number of furan rings is 1. The van der Waals surface area contributed by atoms with Crippen LogP contribution in [0.4, 0.5) is 19.4 Å². The number of urea groups is 1. The van der Waals surface area contributed by atoms with Crippen LogP contribution in [0.5, 0.6) is 0 Å². The fraction of sp³-hybridized carbons (Fsp3) is 0.364. The molecule has 30 heavy (non-hydrogen) atoms. The maximum atomic E-state index is 12.6. The molecule has 1 fully saturated rings. The lowest BCUT2D eigenvalue weighted by atomic mass is 10.1. The molecular formula is C22H24F2N4O2. The lowest BCUT2D eigenvalue weighted by Crippen LogP contribution is -2.47. The number of amides is 2. The van der Waals surface area contributed by atoms with E-state index in [0.717, 1.165) is 27.9 Å². The lowest BCUT2D eigenvalue weighted by molar-refractivity contribution is 0.132. The minimum Gasteiger partial charge on any atom is -0.461 e. The van der Waals surface area contributed by atoms with Gasteiger partial charge in [0.15, 0.2) is 0 Å². The Morgan fingerprint density at radius 2 is 2.00 bits per heavy atom. The van der Waals surface area contributed by atoms with Crippen LogP contribution in [0.1, 0.15) is 18.6 Å². The van der Waals surface area contributed by atoms with Crippen LogP contribution < -0.4 is 10.6 Å². The molecule has 158 valence electrons. The summed E-state index contributed by atoms with van der Waals surface area (Å²) in [6, 6.07) is 11.4. The summed E-state index contributed by atoms with van der Waals surface area (Å²) in [6.07, 6.45) is 0.666. The van der Waals surface area contributed by atoms with E-state index in [-0.39, 0.29) is 18.6 Å². The molecule has 0 saturated carbocycles. The molecular weight excluding hydrogens is 390 g/mol. The van der Waals surface area contributed by atoms with E-state index >= 15 is 0 Å². The highest BCUT2D eigenvalue weighted by atomic mass is 19.3. The molecule has 2 amide bonds. The highest BCUT2D eigenvalue weighted by molar-refractivity contribution is 5.93. The fourth-order valence-electron chi connectivity index (χ4n) is 3.68. The number of anilines is 1. The number of hydrogen-bond donors (Lipinski definition) is 2. The third-order valence-electron chi connectivity index (χ3n) is 5.32. The lowest BCUT2D eigenvalue weighted by Gasteiger charge is -2.32. The van der Waals surface area contributed by atoms with E-state index in [4.69, 9.17) is 4.42 Å². The van der Waals surface area contributed by atoms with Gasteiger partial charge < -0.3 is 14.6 Å². The Hall–Kier alpha value is -3.00. The van der Waals surface area contributed by atoms with Gasteiger partial charge in [0.1, 0.15) is 17.3 Å². The fourth-order valence-corrected chi connectivity index (χ4v) is 3.68. The van der Waals surface area contributed by atoms with Gasteiger partial charge in [0.2, 0.25) is 0 Å². The van der Waals surface area contributed by atoms with Crippen molar-refractivity contribution < 1.29 is 18.0 Å². The zero-order chi connectivity index (χ0) is 21.1. The van der Waals surface area contributed by atoms with E-state index in [1.165, 1.54) is 0 Å². The predicted octanol–water partition coefficient (Wildman–Crippen LogP) is 4.65. The first kappa shape index (κ1) is 20.3. The molecule has 0 spiro atoms. The Morgan fingerprint density at radius 3 is 2.70 bits per heavy atom. The highest BCUT2D eigenvalue weighted by Crippen LogP contribution is 2.27. The predicted molar refractivity (Wildman–Crippen MR) is 112 cm³/mol. The third kappa shape index (κ3) is 4.76. The number of pyridine rings is 1. The van der Waals surface area contributed by atoms with Crippen LogP contribution in [0.3, 0.4) is 0 Å². The van der Waals surface area contributed by atoms with Crippen LogP contribution in [0.15, 0.2) is 47.0 Å². The Balaban J connectivity index is 1.40. The molecule has 0 unspecified atom stereocenters. The molecule has 1 aromatic carbocycles. The number of alkyl halides is 2. The number of fused-ring (bicyclic) bond motifs is 1. The van der Waals surface area contributed by atoms with E-state index in [9.17, 15) is 13.6 Å². The van der Waals surface area contributed by atoms with E-state index in [0.29, 0.717) is 31.7 Å². The van der Waals surface area contributed by atoms with E-state index in [1.54, 1.807) is 11.1 Å². The van der Waals surface area contributed by atoms with Gasteiger partial charge in [0.05, 0.1) is 6.54 Å². The molecule has 8 heteroatoms. The first-order valence-electron chi connectivity index (χ1n) is 10.0. The number of benzene rings is 1. The Labute approximate surface area is 173 Å². The van der Waals surface area contributed by atoms with Crippen LogP contribution in [0, 0.1) is 6.92 Å². The van der Waals surface area contributed by atoms with Crippen molar-refractivity contribution in [3.63, 3.8) is 0 Å². The van der Waals surface area contributed by atoms with Gasteiger partial charge in [-0.25, -0.2) is 18.6 Å². The summed E-state index contributed by atoms with van der Waals surface area (Å²) in [6.45, 7) is 2.63. The van der Waals surface area contributed by atoms with E-state index in [2.05, 4.69) is 15.6 Å². The summed E-state index contributed by atoms with van der Waals surface area (Å²) in [5.74, 6) is 2.11. The molecule has 1 saturated heterocycles. The maximum absolute atomic E-state index is 12.6. The molecule has 1 aliphatic rings. The number of likely N-dealkylation sites (tertiary alicyclic amines) is 1. The number of piperidine rings is 1. The van der Waals surface area contributed by atoms with Crippen LogP contribution in [-0.2, 0) is 0 Å². The van der Waals surface area contributed by atoms with Crippen molar-refractivity contribution in [2.24, 2.45) is 0 Å². The topological polar surface area (TPSA) is 70.4 Å². The molecule has 2 N–H and O–H groups in total. The SMILES string of the molecule is Cc1ccc(-c2ccc3cnc(NC(=O)N4CCC(NCC(F)F)CC4)cc3c2)o1. The smallest absolute Gasteiger partial charge is 0.323 e. The first-order valence-corrected chi connectivity index (χ1v) is 10.0. The zero-order valence-electron chi connectivity index (χ0n) is 16.7. The Morgan fingerprint density at radius 1 is 1.20 bits per heavy atom. The van der Waals surface area contributed by atoms with Crippen molar-refractivity contribution in [2.75, 3.05) is 25.0 Å². The second kappa shape index (κ2) is 8.79. The number of carbonyl (C=O) groups excluding carboxylic acids is 1.